The number of rotatable bonds is 2. The molecular weight excluding hydrogens is 286 g/mol. The fourth-order valence-electron chi connectivity index (χ4n) is 2.13. The maximum atomic E-state index is 10.2. The van der Waals surface area contributed by atoms with E-state index in [0.717, 1.165) is 17.4 Å². The number of aromatic nitrogens is 1. The number of hydrogen-bond donors (Lipinski definition) is 1. The van der Waals surface area contributed by atoms with Crippen LogP contribution in [0.15, 0.2) is 60.8 Å². The minimum atomic E-state index is 0. The molecule has 0 aliphatic heterocycles. The third-order valence-electron chi connectivity index (χ3n) is 3.07. The second-order valence-corrected chi connectivity index (χ2v) is 4.31. The summed E-state index contributed by atoms with van der Waals surface area (Å²) in [6.07, 6.45) is 2.42. The van der Waals surface area contributed by atoms with Gasteiger partial charge >= 0.3 is 0 Å². The van der Waals surface area contributed by atoms with Gasteiger partial charge in [-0.2, -0.15) is 0 Å². The van der Waals surface area contributed by atoms with Gasteiger partial charge in [0.1, 0.15) is 11.3 Å². The number of pyridine rings is 1. The number of hydrogen-bond acceptors (Lipinski definition) is 2. The van der Waals surface area contributed by atoms with Gasteiger partial charge in [-0.3, -0.25) is 4.98 Å². The van der Waals surface area contributed by atoms with E-state index in [-0.39, 0.29) is 22.8 Å². The average Bonchev–Trinajstić information content (AvgIpc) is 2.43. The molecule has 0 saturated carbocycles. The summed E-state index contributed by atoms with van der Waals surface area (Å²) in [6.45, 7) is 0. The van der Waals surface area contributed by atoms with E-state index in [2.05, 4.69) is 17.1 Å². The Kier molecular flexibility index (Phi) is 4.20. The van der Waals surface area contributed by atoms with Crippen molar-refractivity contribution in [2.45, 2.75) is 6.42 Å². The van der Waals surface area contributed by atoms with Crippen LogP contribution in [0.4, 0.5) is 0 Å². The van der Waals surface area contributed by atoms with Crippen LogP contribution in [0.25, 0.3) is 10.9 Å². The maximum Gasteiger partial charge on any atom is 0.145 e. The first-order valence-corrected chi connectivity index (χ1v) is 5.94. The largest absolute Gasteiger partial charge is 0.505 e. The van der Waals surface area contributed by atoms with Gasteiger partial charge in [-0.15, -0.1) is 0 Å². The van der Waals surface area contributed by atoms with Gasteiger partial charge < -0.3 is 5.11 Å². The Balaban J connectivity index is 0.00000133. The molecule has 2 aromatic carbocycles. The molecule has 0 fully saturated rings. The van der Waals surface area contributed by atoms with Crippen molar-refractivity contribution in [3.05, 3.63) is 71.9 Å². The first-order chi connectivity index (χ1) is 8.84. The van der Waals surface area contributed by atoms with Gasteiger partial charge in [0, 0.05) is 40.6 Å². The van der Waals surface area contributed by atoms with Gasteiger partial charge in [0.25, 0.3) is 0 Å². The molecular formula is C16H13CuNO. The van der Waals surface area contributed by atoms with Crippen molar-refractivity contribution in [2.24, 2.45) is 0 Å². The molecule has 0 saturated heterocycles. The molecule has 0 spiro atoms. The molecule has 3 aromatic rings. The van der Waals surface area contributed by atoms with Crippen molar-refractivity contribution in [1.82, 2.24) is 4.98 Å². The first kappa shape index (κ1) is 13.6. The Labute approximate surface area is 122 Å². The monoisotopic (exact) mass is 298 g/mol. The van der Waals surface area contributed by atoms with Crippen LogP contribution in [0, 0.1) is 0 Å². The first-order valence-electron chi connectivity index (χ1n) is 5.94. The number of benzene rings is 2. The van der Waals surface area contributed by atoms with Crippen molar-refractivity contribution in [3.63, 3.8) is 0 Å². The summed E-state index contributed by atoms with van der Waals surface area (Å²) >= 11 is 0. The minimum Gasteiger partial charge on any atom is -0.505 e. The zero-order valence-corrected chi connectivity index (χ0v) is 11.1. The van der Waals surface area contributed by atoms with E-state index in [4.69, 9.17) is 0 Å². The Morgan fingerprint density at radius 2 is 1.68 bits per heavy atom. The Hall–Kier alpha value is -1.83. The van der Waals surface area contributed by atoms with Crippen LogP contribution in [0.2, 0.25) is 0 Å². The van der Waals surface area contributed by atoms with E-state index in [1.807, 2.05) is 42.5 Å². The fourth-order valence-corrected chi connectivity index (χ4v) is 2.13. The third kappa shape index (κ3) is 2.78. The Morgan fingerprint density at radius 3 is 2.47 bits per heavy atom. The molecule has 1 N–H and O–H groups in total. The van der Waals surface area contributed by atoms with Crippen LogP contribution in [-0.4, -0.2) is 10.1 Å². The van der Waals surface area contributed by atoms with Crippen LogP contribution >= 0.6 is 0 Å². The SMILES string of the molecule is Oc1c(Cc2ccccc2)ccc2cccnc12.[Cu]. The normalized spacial score (nSPS) is 10.1. The predicted octanol–water partition coefficient (Wildman–Crippen LogP) is 3.53. The smallest absolute Gasteiger partial charge is 0.145 e. The molecule has 3 heteroatoms. The Morgan fingerprint density at radius 1 is 0.895 bits per heavy atom. The Bertz CT molecular complexity index is 683. The van der Waals surface area contributed by atoms with Crippen molar-refractivity contribution < 1.29 is 22.2 Å². The summed E-state index contributed by atoms with van der Waals surface area (Å²) in [5.41, 5.74) is 2.77. The maximum absolute atomic E-state index is 10.2. The molecule has 1 heterocycles. The molecule has 0 unspecified atom stereocenters. The summed E-state index contributed by atoms with van der Waals surface area (Å²) in [6, 6.07) is 17.9. The van der Waals surface area contributed by atoms with E-state index >= 15 is 0 Å². The van der Waals surface area contributed by atoms with Crippen LogP contribution in [0.3, 0.4) is 0 Å². The number of fused-ring (bicyclic) bond motifs is 1. The molecule has 1 aromatic heterocycles. The van der Waals surface area contributed by atoms with Crippen LogP contribution < -0.4 is 0 Å². The minimum absolute atomic E-state index is 0. The summed E-state index contributed by atoms with van der Waals surface area (Å²) in [5, 5.41) is 11.2. The number of nitrogens with zero attached hydrogens (tertiary/aromatic N) is 1. The van der Waals surface area contributed by atoms with Gasteiger partial charge in [-0.05, 0) is 11.6 Å². The van der Waals surface area contributed by atoms with Crippen molar-refractivity contribution in [3.8, 4) is 5.75 Å². The molecule has 99 valence electrons. The summed E-state index contributed by atoms with van der Waals surface area (Å²) in [4.78, 5) is 4.23. The third-order valence-corrected chi connectivity index (χ3v) is 3.07. The molecule has 0 bridgehead atoms. The van der Waals surface area contributed by atoms with Gasteiger partial charge in [0.15, 0.2) is 0 Å². The van der Waals surface area contributed by atoms with Crippen molar-refractivity contribution in [1.29, 1.82) is 0 Å². The second kappa shape index (κ2) is 5.87. The molecule has 0 atom stereocenters. The standard InChI is InChI=1S/C16H13NO.Cu/c18-16-14(11-12-5-2-1-3-6-12)9-8-13-7-4-10-17-15(13)16;/h1-10,18H,11H2;. The second-order valence-electron chi connectivity index (χ2n) is 4.31. The molecule has 0 aliphatic rings. The van der Waals surface area contributed by atoms with Crippen LogP contribution in [0.5, 0.6) is 5.75 Å². The van der Waals surface area contributed by atoms with E-state index in [1.165, 1.54) is 5.56 Å². The van der Waals surface area contributed by atoms with Crippen LogP contribution in [0.1, 0.15) is 11.1 Å². The number of aromatic hydroxyl groups is 1. The molecule has 0 aliphatic carbocycles. The molecule has 1 radical (unpaired) electrons. The fraction of sp³-hybridized carbons (Fsp3) is 0.0625. The molecule has 3 rings (SSSR count). The zero-order chi connectivity index (χ0) is 12.4. The molecule has 19 heavy (non-hydrogen) atoms. The van der Waals surface area contributed by atoms with E-state index in [1.54, 1.807) is 6.20 Å². The molecule has 0 amide bonds. The van der Waals surface area contributed by atoms with Gasteiger partial charge in [0.2, 0.25) is 0 Å². The van der Waals surface area contributed by atoms with Gasteiger partial charge in [-0.1, -0.05) is 48.5 Å². The summed E-state index contributed by atoms with van der Waals surface area (Å²) < 4.78 is 0. The zero-order valence-electron chi connectivity index (χ0n) is 10.2. The number of phenols is 1. The summed E-state index contributed by atoms with van der Waals surface area (Å²) in [7, 11) is 0. The quantitative estimate of drug-likeness (QED) is 0.734. The van der Waals surface area contributed by atoms with Gasteiger partial charge in [0.05, 0.1) is 0 Å². The van der Waals surface area contributed by atoms with E-state index in [0.29, 0.717) is 5.52 Å². The summed E-state index contributed by atoms with van der Waals surface area (Å²) in [5.74, 6) is 0.289. The van der Waals surface area contributed by atoms with Crippen LogP contribution in [-0.2, 0) is 23.5 Å². The van der Waals surface area contributed by atoms with E-state index < -0.39 is 0 Å². The van der Waals surface area contributed by atoms with Crippen molar-refractivity contribution >= 4 is 10.9 Å². The van der Waals surface area contributed by atoms with Gasteiger partial charge in [-0.25, -0.2) is 0 Å². The molecule has 2 nitrogen and oxygen atoms in total. The number of phenolic OH excluding ortho intramolecular Hbond substituents is 1. The predicted molar refractivity (Wildman–Crippen MR) is 72.7 cm³/mol. The topological polar surface area (TPSA) is 33.1 Å². The van der Waals surface area contributed by atoms with E-state index in [9.17, 15) is 5.11 Å². The average molecular weight is 299 g/mol. The van der Waals surface area contributed by atoms with Crippen molar-refractivity contribution in [2.75, 3.05) is 0 Å².